The molecule has 0 amide bonds. The smallest absolute Gasteiger partial charge is 0.308 e. The van der Waals surface area contributed by atoms with Crippen LogP contribution in [0, 0.1) is 17.7 Å². The van der Waals surface area contributed by atoms with E-state index in [0.717, 1.165) is 0 Å². The number of Topliss-reactive ketones (excluding diaryl/α,β-unsaturated/α-hetero) is 1. The van der Waals surface area contributed by atoms with Crippen molar-refractivity contribution in [3.63, 3.8) is 0 Å². The van der Waals surface area contributed by atoms with Crippen molar-refractivity contribution in [2.24, 2.45) is 11.8 Å². The van der Waals surface area contributed by atoms with Gasteiger partial charge in [-0.2, -0.15) is 0 Å². The Morgan fingerprint density at radius 1 is 1.26 bits per heavy atom. The molecule has 19 heavy (non-hydrogen) atoms. The summed E-state index contributed by atoms with van der Waals surface area (Å²) in [5.41, 5.74) is -0.0935. The van der Waals surface area contributed by atoms with Crippen molar-refractivity contribution >= 4 is 11.8 Å². The van der Waals surface area contributed by atoms with Crippen LogP contribution in [0.1, 0.15) is 36.2 Å². The molecule has 102 valence electrons. The number of pyridine rings is 1. The van der Waals surface area contributed by atoms with Gasteiger partial charge in [0.2, 0.25) is 0 Å². The molecule has 2 rings (SSSR count). The predicted molar refractivity (Wildman–Crippen MR) is 66.0 cm³/mol. The molecule has 1 aromatic rings. The lowest BCUT2D eigenvalue weighted by Crippen LogP contribution is -2.27. The Morgan fingerprint density at radius 3 is 2.47 bits per heavy atom. The molecule has 1 fully saturated rings. The van der Waals surface area contributed by atoms with Crippen LogP contribution >= 0.6 is 0 Å². The molecule has 0 spiro atoms. The molecule has 1 aliphatic rings. The van der Waals surface area contributed by atoms with Crippen LogP contribution in [0.3, 0.4) is 0 Å². The summed E-state index contributed by atoms with van der Waals surface area (Å²) in [7, 11) is 1.36. The zero-order valence-corrected chi connectivity index (χ0v) is 10.8. The number of nitrogens with zero attached hydrogens (tertiary/aromatic N) is 1. The SMILES string of the molecule is COC(=O)[C@H]1CC[C@H](C(=O)c2ncccc2F)CC1. The molecule has 1 aliphatic carbocycles. The maximum Gasteiger partial charge on any atom is 0.308 e. The molecule has 0 saturated heterocycles. The van der Waals surface area contributed by atoms with Gasteiger partial charge in [-0.1, -0.05) is 0 Å². The van der Waals surface area contributed by atoms with Crippen LogP contribution < -0.4 is 0 Å². The van der Waals surface area contributed by atoms with Crippen LogP contribution in [-0.4, -0.2) is 23.8 Å². The van der Waals surface area contributed by atoms with Crippen LogP contribution in [-0.2, 0) is 9.53 Å². The fourth-order valence-corrected chi connectivity index (χ4v) is 2.52. The fourth-order valence-electron chi connectivity index (χ4n) is 2.52. The lowest BCUT2D eigenvalue weighted by Gasteiger charge is -2.25. The van der Waals surface area contributed by atoms with E-state index < -0.39 is 5.82 Å². The number of halogens is 1. The van der Waals surface area contributed by atoms with Gasteiger partial charge in [-0.25, -0.2) is 4.39 Å². The molecule has 1 aromatic heterocycles. The van der Waals surface area contributed by atoms with E-state index in [9.17, 15) is 14.0 Å². The van der Waals surface area contributed by atoms with Gasteiger partial charge in [-0.15, -0.1) is 0 Å². The highest BCUT2D eigenvalue weighted by Crippen LogP contribution is 2.31. The minimum Gasteiger partial charge on any atom is -0.469 e. The summed E-state index contributed by atoms with van der Waals surface area (Å²) < 4.78 is 18.2. The second kappa shape index (κ2) is 5.91. The van der Waals surface area contributed by atoms with Gasteiger partial charge < -0.3 is 4.74 Å². The molecule has 4 nitrogen and oxygen atoms in total. The topological polar surface area (TPSA) is 56.3 Å². The molecule has 0 radical (unpaired) electrons. The first kappa shape index (κ1) is 13.6. The van der Waals surface area contributed by atoms with Gasteiger partial charge in [0.25, 0.3) is 0 Å². The second-order valence-electron chi connectivity index (χ2n) is 4.77. The Bertz CT molecular complexity index is 481. The standard InChI is InChI=1S/C14H16FNO3/c1-19-14(18)10-6-4-9(5-7-10)13(17)12-11(15)3-2-8-16-12/h2-3,8-10H,4-7H2,1H3/t9-,10-. The predicted octanol–water partition coefficient (Wildman–Crippen LogP) is 2.38. The van der Waals surface area contributed by atoms with Crippen molar-refractivity contribution < 1.29 is 18.7 Å². The highest BCUT2D eigenvalue weighted by atomic mass is 19.1. The van der Waals surface area contributed by atoms with E-state index >= 15 is 0 Å². The van der Waals surface area contributed by atoms with E-state index in [2.05, 4.69) is 4.98 Å². The van der Waals surface area contributed by atoms with Gasteiger partial charge in [-0.05, 0) is 37.8 Å². The molecular formula is C14H16FNO3. The zero-order chi connectivity index (χ0) is 13.8. The Balaban J connectivity index is 2.00. The summed E-state index contributed by atoms with van der Waals surface area (Å²) in [6.45, 7) is 0. The van der Waals surface area contributed by atoms with Crippen LogP contribution in [0.15, 0.2) is 18.3 Å². The first-order valence-electron chi connectivity index (χ1n) is 6.36. The number of ether oxygens (including phenoxy) is 1. The largest absolute Gasteiger partial charge is 0.469 e. The highest BCUT2D eigenvalue weighted by Gasteiger charge is 2.32. The van der Waals surface area contributed by atoms with Crippen molar-refractivity contribution in [1.82, 2.24) is 4.98 Å². The van der Waals surface area contributed by atoms with Crippen molar-refractivity contribution in [3.8, 4) is 0 Å². The summed E-state index contributed by atoms with van der Waals surface area (Å²) in [6, 6.07) is 2.70. The first-order valence-corrected chi connectivity index (χ1v) is 6.36. The number of hydrogen-bond donors (Lipinski definition) is 0. The number of rotatable bonds is 3. The normalized spacial score (nSPS) is 22.8. The van der Waals surface area contributed by atoms with E-state index in [-0.39, 0.29) is 29.3 Å². The molecule has 0 unspecified atom stereocenters. The van der Waals surface area contributed by atoms with E-state index in [4.69, 9.17) is 4.74 Å². The molecule has 5 heteroatoms. The fraction of sp³-hybridized carbons (Fsp3) is 0.500. The third-order valence-corrected chi connectivity index (χ3v) is 3.62. The average Bonchev–Trinajstić information content (AvgIpc) is 2.46. The molecule has 0 N–H and O–H groups in total. The summed E-state index contributed by atoms with van der Waals surface area (Å²) in [5.74, 6) is -1.45. The van der Waals surface area contributed by atoms with E-state index in [1.54, 1.807) is 0 Å². The van der Waals surface area contributed by atoms with Gasteiger partial charge in [0, 0.05) is 12.1 Å². The van der Waals surface area contributed by atoms with Gasteiger partial charge >= 0.3 is 5.97 Å². The Labute approximate surface area is 111 Å². The molecular weight excluding hydrogens is 249 g/mol. The quantitative estimate of drug-likeness (QED) is 0.622. The average molecular weight is 265 g/mol. The number of carbonyl (C=O) groups is 2. The van der Waals surface area contributed by atoms with Gasteiger partial charge in [0.1, 0.15) is 5.69 Å². The van der Waals surface area contributed by atoms with E-state index in [1.165, 1.54) is 25.4 Å². The van der Waals surface area contributed by atoms with Crippen molar-refractivity contribution in [3.05, 3.63) is 29.8 Å². The number of hydrogen-bond acceptors (Lipinski definition) is 4. The maximum absolute atomic E-state index is 13.5. The van der Waals surface area contributed by atoms with Gasteiger partial charge in [0.05, 0.1) is 13.0 Å². The van der Waals surface area contributed by atoms with Crippen LogP contribution in [0.5, 0.6) is 0 Å². The lowest BCUT2D eigenvalue weighted by molar-refractivity contribution is -0.146. The van der Waals surface area contributed by atoms with Crippen LogP contribution in [0.4, 0.5) is 4.39 Å². The summed E-state index contributed by atoms with van der Waals surface area (Å²) >= 11 is 0. The van der Waals surface area contributed by atoms with Crippen LogP contribution in [0.25, 0.3) is 0 Å². The Morgan fingerprint density at radius 2 is 1.89 bits per heavy atom. The molecule has 1 saturated carbocycles. The van der Waals surface area contributed by atoms with Gasteiger partial charge in [0.15, 0.2) is 11.6 Å². The summed E-state index contributed by atoms with van der Waals surface area (Å²) in [4.78, 5) is 27.3. The number of methoxy groups -OCH3 is 1. The van der Waals surface area contributed by atoms with Crippen LogP contribution in [0.2, 0.25) is 0 Å². The minimum atomic E-state index is -0.581. The number of carbonyl (C=O) groups excluding carboxylic acids is 2. The zero-order valence-electron chi connectivity index (χ0n) is 10.8. The third kappa shape index (κ3) is 2.97. The van der Waals surface area contributed by atoms with Crippen molar-refractivity contribution in [1.29, 1.82) is 0 Å². The summed E-state index contributed by atoms with van der Waals surface area (Å²) in [6.07, 6.45) is 3.79. The summed E-state index contributed by atoms with van der Waals surface area (Å²) in [5, 5.41) is 0. The van der Waals surface area contributed by atoms with E-state index in [0.29, 0.717) is 25.7 Å². The van der Waals surface area contributed by atoms with E-state index in [1.807, 2.05) is 0 Å². The molecule has 0 aliphatic heterocycles. The monoisotopic (exact) mass is 265 g/mol. The van der Waals surface area contributed by atoms with Crippen molar-refractivity contribution in [2.45, 2.75) is 25.7 Å². The first-order chi connectivity index (χ1) is 9.13. The van der Waals surface area contributed by atoms with Crippen molar-refractivity contribution in [2.75, 3.05) is 7.11 Å². The number of esters is 1. The van der Waals surface area contributed by atoms with Gasteiger partial charge in [-0.3, -0.25) is 14.6 Å². The Hall–Kier alpha value is -1.78. The molecule has 1 heterocycles. The molecule has 0 bridgehead atoms. The second-order valence-corrected chi connectivity index (χ2v) is 4.77. The maximum atomic E-state index is 13.5. The molecule has 0 atom stereocenters. The highest BCUT2D eigenvalue weighted by molar-refractivity contribution is 5.96. The number of aromatic nitrogens is 1. The third-order valence-electron chi connectivity index (χ3n) is 3.62. The lowest BCUT2D eigenvalue weighted by atomic mass is 9.79. The number of ketones is 1. The minimum absolute atomic E-state index is 0.0935. The molecule has 0 aromatic carbocycles. The Kier molecular flexibility index (Phi) is 4.24.